The summed E-state index contributed by atoms with van der Waals surface area (Å²) in [6, 6.07) is 8.43. The van der Waals surface area contributed by atoms with Gasteiger partial charge in [0.05, 0.1) is 12.4 Å². The van der Waals surface area contributed by atoms with Crippen LogP contribution < -0.4 is 28.7 Å². The van der Waals surface area contributed by atoms with Crippen LogP contribution in [-0.2, 0) is 14.1 Å². The number of para-hydroxylation sites is 1. The van der Waals surface area contributed by atoms with E-state index in [0.717, 1.165) is 0 Å². The number of aromatic nitrogens is 2. The molecule has 0 aliphatic rings. The summed E-state index contributed by atoms with van der Waals surface area (Å²) in [7, 11) is 4.15. The fraction of sp³-hybridized carbons (Fsp3) is 0.222. The first-order chi connectivity index (χ1) is 5.72. The Balaban J connectivity index is 0.000000845. The maximum Gasteiger partial charge on any atom is 0.239 e. The van der Waals surface area contributed by atoms with E-state index in [4.69, 9.17) is 0 Å². The molecule has 0 bridgehead atoms. The van der Waals surface area contributed by atoms with E-state index in [9.17, 15) is 0 Å². The van der Waals surface area contributed by atoms with Crippen LogP contribution in [0.3, 0.4) is 0 Å². The highest BCUT2D eigenvalue weighted by molar-refractivity contribution is 14.1. The van der Waals surface area contributed by atoms with Crippen molar-refractivity contribution in [2.75, 3.05) is 0 Å². The molecule has 2 rings (SSSR count). The van der Waals surface area contributed by atoms with Gasteiger partial charge in [-0.2, -0.15) is 0 Å². The van der Waals surface area contributed by atoms with Crippen LogP contribution in [0.1, 0.15) is 0 Å². The second-order valence-electron chi connectivity index (χ2n) is 2.86. The van der Waals surface area contributed by atoms with Crippen LogP contribution in [-0.4, -0.2) is 4.68 Å². The fourth-order valence-electron chi connectivity index (χ4n) is 1.40. The van der Waals surface area contributed by atoms with Crippen molar-refractivity contribution in [3.63, 3.8) is 0 Å². The van der Waals surface area contributed by atoms with Crippen LogP contribution >= 0.6 is 22.6 Å². The molecule has 0 saturated carbocycles. The van der Waals surface area contributed by atoms with Crippen molar-refractivity contribution in [1.82, 2.24) is 4.68 Å². The summed E-state index contributed by atoms with van der Waals surface area (Å²) in [4.78, 5) is 0. The highest BCUT2D eigenvalue weighted by Gasteiger charge is 2.14. The molecule has 0 aliphatic heterocycles. The van der Waals surface area contributed by atoms with E-state index in [2.05, 4.69) is 70.3 Å². The number of halogens is 2. The summed E-state index contributed by atoms with van der Waals surface area (Å²) in [5, 5.41) is 1.32. The van der Waals surface area contributed by atoms with Gasteiger partial charge < -0.3 is 24.0 Å². The normalized spacial score (nSPS) is 10.1. The highest BCUT2D eigenvalue weighted by Crippen LogP contribution is 2.16. The molecule has 2 aromatic rings. The lowest BCUT2D eigenvalue weighted by Crippen LogP contribution is -3.00. The van der Waals surface area contributed by atoms with Gasteiger partial charge in [0, 0.05) is 6.07 Å². The summed E-state index contributed by atoms with van der Waals surface area (Å²) in [6.07, 6.45) is 0. The number of benzene rings is 1. The van der Waals surface area contributed by atoms with Crippen molar-refractivity contribution in [3.8, 4) is 0 Å². The molecular weight excluding hydrogens is 390 g/mol. The van der Waals surface area contributed by atoms with Crippen LogP contribution in [0.4, 0.5) is 0 Å². The molecule has 1 heterocycles. The van der Waals surface area contributed by atoms with Gasteiger partial charge >= 0.3 is 0 Å². The molecule has 1 aromatic carbocycles. The van der Waals surface area contributed by atoms with Crippen LogP contribution in [0.2, 0.25) is 0 Å². The van der Waals surface area contributed by atoms with Gasteiger partial charge in [-0.05, 0) is 28.7 Å². The molecule has 13 heavy (non-hydrogen) atoms. The third-order valence-electron chi connectivity index (χ3n) is 2.21. The monoisotopic (exact) mass is 400 g/mol. The SMILES string of the molecule is Cn1c(I)c2ccccc2[n+]1C.[I-]. The lowest BCUT2D eigenvalue weighted by atomic mass is 10.3. The van der Waals surface area contributed by atoms with Crippen LogP contribution in [0, 0.1) is 3.70 Å². The summed E-state index contributed by atoms with van der Waals surface area (Å²) in [6.45, 7) is 0. The zero-order valence-corrected chi connectivity index (χ0v) is 11.8. The Morgan fingerprint density at radius 3 is 2.54 bits per heavy atom. The molecule has 0 amide bonds. The van der Waals surface area contributed by atoms with Gasteiger partial charge in [-0.3, -0.25) is 0 Å². The number of fused-ring (bicyclic) bond motifs is 1. The lowest BCUT2D eigenvalue weighted by Gasteiger charge is -1.88. The Hall–Kier alpha value is 0.150. The molecule has 70 valence electrons. The first kappa shape index (κ1) is 11.2. The van der Waals surface area contributed by atoms with Crippen molar-refractivity contribution < 1.29 is 28.7 Å². The molecule has 0 spiro atoms. The first-order valence-electron chi connectivity index (χ1n) is 3.81. The van der Waals surface area contributed by atoms with Gasteiger partial charge in [0.1, 0.15) is 3.70 Å². The molecule has 2 nitrogen and oxygen atoms in total. The standard InChI is InChI=1S/C9H10IN2.HI/c1-11-8-6-4-3-5-7(8)9(10)12(11)2;/h3-6H,1-2H3;1H/q+1;/p-1. The molecule has 0 N–H and O–H groups in total. The smallest absolute Gasteiger partial charge is 0.239 e. The number of hydrogen-bond donors (Lipinski definition) is 0. The number of hydrogen-bond acceptors (Lipinski definition) is 0. The minimum absolute atomic E-state index is 0. The quantitative estimate of drug-likeness (QED) is 0.381. The third-order valence-corrected chi connectivity index (χ3v) is 3.49. The van der Waals surface area contributed by atoms with E-state index in [1.54, 1.807) is 0 Å². The highest BCUT2D eigenvalue weighted by atomic mass is 127. The average Bonchev–Trinajstić information content (AvgIpc) is 2.33. The number of aryl methyl sites for hydroxylation is 1. The third kappa shape index (κ3) is 1.70. The molecule has 0 atom stereocenters. The topological polar surface area (TPSA) is 8.81 Å². The second kappa shape index (κ2) is 4.12. The predicted octanol–water partition coefficient (Wildman–Crippen LogP) is -1.39. The van der Waals surface area contributed by atoms with Crippen LogP contribution in [0.5, 0.6) is 0 Å². The zero-order valence-electron chi connectivity index (χ0n) is 7.46. The summed E-state index contributed by atoms with van der Waals surface area (Å²) >= 11 is 2.37. The molecule has 1 aromatic heterocycles. The van der Waals surface area contributed by atoms with E-state index >= 15 is 0 Å². The van der Waals surface area contributed by atoms with Crippen molar-refractivity contribution >= 4 is 33.5 Å². The Kier molecular flexibility index (Phi) is 3.56. The van der Waals surface area contributed by atoms with Gasteiger partial charge in [-0.15, -0.1) is 9.36 Å². The average molecular weight is 400 g/mol. The van der Waals surface area contributed by atoms with E-state index in [-0.39, 0.29) is 24.0 Å². The summed E-state index contributed by atoms with van der Waals surface area (Å²) in [5.74, 6) is 0. The van der Waals surface area contributed by atoms with Gasteiger partial charge in [0.25, 0.3) is 0 Å². The Bertz CT molecular complexity index is 395. The maximum atomic E-state index is 2.37. The van der Waals surface area contributed by atoms with Crippen LogP contribution in [0.15, 0.2) is 24.3 Å². The van der Waals surface area contributed by atoms with E-state index in [1.807, 2.05) is 0 Å². The Labute approximate surface area is 108 Å². The Morgan fingerprint density at radius 1 is 1.31 bits per heavy atom. The van der Waals surface area contributed by atoms with Crippen molar-refractivity contribution in [3.05, 3.63) is 28.0 Å². The lowest BCUT2D eigenvalue weighted by molar-refractivity contribution is -0.729. The maximum absolute atomic E-state index is 2.37. The molecular formula is C9H10I2N2. The number of nitrogens with zero attached hydrogens (tertiary/aromatic N) is 2. The first-order valence-corrected chi connectivity index (χ1v) is 4.89. The van der Waals surface area contributed by atoms with E-state index in [1.165, 1.54) is 14.6 Å². The largest absolute Gasteiger partial charge is 1.00 e. The number of rotatable bonds is 0. The molecule has 4 heteroatoms. The fourth-order valence-corrected chi connectivity index (χ4v) is 2.18. The van der Waals surface area contributed by atoms with Gasteiger partial charge in [0.2, 0.25) is 5.52 Å². The molecule has 0 aliphatic carbocycles. The van der Waals surface area contributed by atoms with E-state index in [0.29, 0.717) is 0 Å². The van der Waals surface area contributed by atoms with Gasteiger partial charge in [-0.1, -0.05) is 12.1 Å². The minimum Gasteiger partial charge on any atom is -1.00 e. The van der Waals surface area contributed by atoms with Gasteiger partial charge in [0.15, 0.2) is 7.05 Å². The zero-order chi connectivity index (χ0) is 8.72. The second-order valence-corrected chi connectivity index (χ2v) is 3.88. The molecule has 0 unspecified atom stereocenters. The van der Waals surface area contributed by atoms with Crippen molar-refractivity contribution in [2.45, 2.75) is 0 Å². The Morgan fingerprint density at radius 2 is 1.92 bits per heavy atom. The van der Waals surface area contributed by atoms with Crippen LogP contribution in [0.25, 0.3) is 10.9 Å². The molecule has 0 saturated heterocycles. The van der Waals surface area contributed by atoms with Crippen molar-refractivity contribution in [1.29, 1.82) is 0 Å². The minimum atomic E-state index is 0. The molecule has 0 fully saturated rings. The predicted molar refractivity (Wildman–Crippen MR) is 56.8 cm³/mol. The van der Waals surface area contributed by atoms with E-state index < -0.39 is 0 Å². The van der Waals surface area contributed by atoms with Crippen molar-refractivity contribution in [2.24, 2.45) is 14.1 Å². The van der Waals surface area contributed by atoms with Gasteiger partial charge in [-0.25, -0.2) is 0 Å². The molecule has 0 radical (unpaired) electrons. The summed E-state index contributed by atoms with van der Waals surface area (Å²) in [5.41, 5.74) is 1.28. The summed E-state index contributed by atoms with van der Waals surface area (Å²) < 4.78 is 5.58.